The number of hydrogen-bond acceptors (Lipinski definition) is 3. The van der Waals surface area contributed by atoms with Gasteiger partial charge in [0.25, 0.3) is 0 Å². The van der Waals surface area contributed by atoms with E-state index >= 15 is 0 Å². The molecule has 20 heavy (non-hydrogen) atoms. The van der Waals surface area contributed by atoms with Crippen LogP contribution in [0.25, 0.3) is 0 Å². The number of benzene rings is 1. The zero-order valence-electron chi connectivity index (χ0n) is 11.0. The molecule has 0 aromatic heterocycles. The standard InChI is InChI=1S/C12H16F3NO3S/c1-7(2)11(17)3-4-16-20(18,19)12-6-9(14)8(13)5-10(12)15/h5-7,11,16-17H,3-4H2,1-2H3. The van der Waals surface area contributed by atoms with Gasteiger partial charge in [0.1, 0.15) is 10.7 Å². The molecule has 1 unspecified atom stereocenters. The van der Waals surface area contributed by atoms with Crippen LogP contribution in [-0.2, 0) is 10.0 Å². The Kier molecular flexibility index (Phi) is 5.55. The van der Waals surface area contributed by atoms with Gasteiger partial charge in [-0.3, -0.25) is 0 Å². The molecule has 0 amide bonds. The van der Waals surface area contributed by atoms with Gasteiger partial charge in [0.05, 0.1) is 6.10 Å². The van der Waals surface area contributed by atoms with Gasteiger partial charge >= 0.3 is 0 Å². The summed E-state index contributed by atoms with van der Waals surface area (Å²) in [5.41, 5.74) is 0. The van der Waals surface area contributed by atoms with E-state index in [0.29, 0.717) is 0 Å². The molecular formula is C12H16F3NO3S. The number of halogens is 3. The second kappa shape index (κ2) is 6.55. The van der Waals surface area contributed by atoms with E-state index in [0.717, 1.165) is 0 Å². The molecule has 1 rings (SSSR count). The van der Waals surface area contributed by atoms with E-state index < -0.39 is 38.5 Å². The van der Waals surface area contributed by atoms with Gasteiger partial charge in [0.2, 0.25) is 10.0 Å². The summed E-state index contributed by atoms with van der Waals surface area (Å²) in [4.78, 5) is -0.963. The smallest absolute Gasteiger partial charge is 0.243 e. The van der Waals surface area contributed by atoms with Crippen LogP contribution in [-0.4, -0.2) is 26.2 Å². The Hall–Kier alpha value is -1.12. The van der Waals surface area contributed by atoms with Gasteiger partial charge in [-0.15, -0.1) is 0 Å². The third kappa shape index (κ3) is 4.19. The molecule has 0 heterocycles. The highest BCUT2D eigenvalue weighted by Crippen LogP contribution is 2.18. The van der Waals surface area contributed by atoms with Crippen molar-refractivity contribution in [2.75, 3.05) is 6.54 Å². The zero-order valence-corrected chi connectivity index (χ0v) is 11.8. The van der Waals surface area contributed by atoms with Crippen molar-refractivity contribution in [3.63, 3.8) is 0 Å². The summed E-state index contributed by atoms with van der Waals surface area (Å²) in [7, 11) is -4.29. The quantitative estimate of drug-likeness (QED) is 0.787. The maximum absolute atomic E-state index is 13.4. The molecule has 1 aromatic carbocycles. The molecule has 1 aromatic rings. The fourth-order valence-corrected chi connectivity index (χ4v) is 2.58. The Bertz CT molecular complexity index is 576. The third-order valence-electron chi connectivity index (χ3n) is 2.77. The summed E-state index contributed by atoms with van der Waals surface area (Å²) in [5.74, 6) is -4.34. The first-order chi connectivity index (χ1) is 9.15. The SMILES string of the molecule is CC(C)C(O)CCNS(=O)(=O)c1cc(F)c(F)cc1F. The lowest BCUT2D eigenvalue weighted by molar-refractivity contribution is 0.118. The van der Waals surface area contributed by atoms with Gasteiger partial charge in [0.15, 0.2) is 11.6 Å². The van der Waals surface area contributed by atoms with E-state index in [2.05, 4.69) is 0 Å². The number of nitrogens with one attached hydrogen (secondary N) is 1. The number of aliphatic hydroxyl groups excluding tert-OH is 1. The molecule has 0 fully saturated rings. The molecule has 2 N–H and O–H groups in total. The van der Waals surface area contributed by atoms with Gasteiger partial charge < -0.3 is 5.11 Å². The van der Waals surface area contributed by atoms with E-state index in [1.807, 2.05) is 4.72 Å². The van der Waals surface area contributed by atoms with Crippen LogP contribution in [0.15, 0.2) is 17.0 Å². The lowest BCUT2D eigenvalue weighted by Gasteiger charge is -2.14. The van der Waals surface area contributed by atoms with Gasteiger partial charge in [-0.1, -0.05) is 13.8 Å². The Morgan fingerprint density at radius 1 is 1.15 bits per heavy atom. The second-order valence-corrected chi connectivity index (χ2v) is 6.43. The summed E-state index contributed by atoms with van der Waals surface area (Å²) in [6.07, 6.45) is -0.588. The van der Waals surface area contributed by atoms with Crippen LogP contribution in [0.3, 0.4) is 0 Å². The van der Waals surface area contributed by atoms with Gasteiger partial charge in [-0.25, -0.2) is 26.3 Å². The van der Waals surface area contributed by atoms with Crippen molar-refractivity contribution in [1.82, 2.24) is 4.72 Å². The first-order valence-corrected chi connectivity index (χ1v) is 7.45. The molecule has 0 bridgehead atoms. The molecule has 0 spiro atoms. The minimum atomic E-state index is -4.29. The summed E-state index contributed by atoms with van der Waals surface area (Å²) >= 11 is 0. The molecular weight excluding hydrogens is 295 g/mol. The number of hydrogen-bond donors (Lipinski definition) is 2. The van der Waals surface area contributed by atoms with Gasteiger partial charge in [-0.2, -0.15) is 0 Å². The lowest BCUT2D eigenvalue weighted by Crippen LogP contribution is -2.29. The summed E-state index contributed by atoms with van der Waals surface area (Å²) in [5, 5.41) is 9.51. The molecule has 0 aliphatic carbocycles. The minimum absolute atomic E-state index is 0.0560. The van der Waals surface area contributed by atoms with Crippen LogP contribution in [0.2, 0.25) is 0 Å². The van der Waals surface area contributed by atoms with Crippen LogP contribution in [0.1, 0.15) is 20.3 Å². The molecule has 4 nitrogen and oxygen atoms in total. The average Bonchev–Trinajstić information content (AvgIpc) is 2.33. The van der Waals surface area contributed by atoms with E-state index in [1.54, 1.807) is 13.8 Å². The van der Waals surface area contributed by atoms with E-state index in [9.17, 15) is 26.7 Å². The molecule has 1 atom stereocenters. The lowest BCUT2D eigenvalue weighted by atomic mass is 10.1. The van der Waals surface area contributed by atoms with Crippen molar-refractivity contribution in [3.8, 4) is 0 Å². The third-order valence-corrected chi connectivity index (χ3v) is 4.24. The first kappa shape index (κ1) is 16.9. The maximum atomic E-state index is 13.4. The topological polar surface area (TPSA) is 66.4 Å². The second-order valence-electron chi connectivity index (χ2n) is 4.69. The van der Waals surface area contributed by atoms with Crippen molar-refractivity contribution in [2.24, 2.45) is 5.92 Å². The molecule has 0 aliphatic rings. The van der Waals surface area contributed by atoms with Crippen molar-refractivity contribution in [3.05, 3.63) is 29.6 Å². The van der Waals surface area contributed by atoms with Crippen LogP contribution in [0.4, 0.5) is 13.2 Å². The molecule has 8 heteroatoms. The molecule has 0 saturated heterocycles. The van der Waals surface area contributed by atoms with Crippen LogP contribution in [0, 0.1) is 23.4 Å². The minimum Gasteiger partial charge on any atom is -0.393 e. The van der Waals surface area contributed by atoms with E-state index in [4.69, 9.17) is 0 Å². The van der Waals surface area contributed by atoms with Crippen molar-refractivity contribution in [1.29, 1.82) is 0 Å². The Labute approximate surface area is 115 Å². The van der Waals surface area contributed by atoms with Crippen molar-refractivity contribution in [2.45, 2.75) is 31.3 Å². The fraction of sp³-hybridized carbons (Fsp3) is 0.500. The van der Waals surface area contributed by atoms with Gasteiger partial charge in [0, 0.05) is 12.6 Å². The highest BCUT2D eigenvalue weighted by atomic mass is 32.2. The predicted molar refractivity (Wildman–Crippen MR) is 67.0 cm³/mol. The molecule has 114 valence electrons. The van der Waals surface area contributed by atoms with E-state index in [-0.39, 0.29) is 31.0 Å². The van der Waals surface area contributed by atoms with E-state index in [1.165, 1.54) is 0 Å². The fourth-order valence-electron chi connectivity index (χ4n) is 1.46. The largest absolute Gasteiger partial charge is 0.393 e. The van der Waals surface area contributed by atoms with Gasteiger partial charge in [-0.05, 0) is 18.4 Å². The number of aliphatic hydroxyl groups is 1. The number of rotatable bonds is 6. The average molecular weight is 311 g/mol. The Morgan fingerprint density at radius 3 is 2.25 bits per heavy atom. The summed E-state index contributed by atoms with van der Waals surface area (Å²) in [6.45, 7) is 3.38. The predicted octanol–water partition coefficient (Wildman–Crippen LogP) is 1.79. The molecule has 0 saturated carbocycles. The zero-order chi connectivity index (χ0) is 15.5. The maximum Gasteiger partial charge on any atom is 0.243 e. The van der Waals surface area contributed by atoms with Crippen LogP contribution in [0.5, 0.6) is 0 Å². The summed E-state index contributed by atoms with van der Waals surface area (Å²) < 4.78 is 64.6. The molecule has 0 aliphatic heterocycles. The Balaban J connectivity index is 2.82. The van der Waals surface area contributed by atoms with Crippen molar-refractivity contribution >= 4 is 10.0 Å². The van der Waals surface area contributed by atoms with Crippen LogP contribution >= 0.6 is 0 Å². The Morgan fingerprint density at radius 2 is 1.70 bits per heavy atom. The normalized spacial score (nSPS) is 13.8. The highest BCUT2D eigenvalue weighted by molar-refractivity contribution is 7.89. The van der Waals surface area contributed by atoms with Crippen LogP contribution < -0.4 is 4.72 Å². The summed E-state index contributed by atoms with van der Waals surface area (Å²) in [6, 6.07) is 0.457. The monoisotopic (exact) mass is 311 g/mol. The molecule has 0 radical (unpaired) electrons. The first-order valence-electron chi connectivity index (χ1n) is 5.97. The van der Waals surface area contributed by atoms with Crippen molar-refractivity contribution < 1.29 is 26.7 Å². The highest BCUT2D eigenvalue weighted by Gasteiger charge is 2.22. The number of sulfonamides is 1.